The van der Waals surface area contributed by atoms with Gasteiger partial charge in [-0.1, -0.05) is 41.1 Å². The van der Waals surface area contributed by atoms with Crippen LogP contribution in [-0.2, 0) is 10.0 Å². The average molecular weight is 481 g/mol. The number of nitrogens with one attached hydrogen (secondary N) is 1. The average Bonchev–Trinajstić information content (AvgIpc) is 3.41. The summed E-state index contributed by atoms with van der Waals surface area (Å²) in [6.07, 6.45) is 1.21. The predicted octanol–water partition coefficient (Wildman–Crippen LogP) is 4.42. The lowest BCUT2D eigenvalue weighted by molar-refractivity contribution is 0.102. The van der Waals surface area contributed by atoms with Gasteiger partial charge >= 0.3 is 0 Å². The van der Waals surface area contributed by atoms with Gasteiger partial charge in [0.25, 0.3) is 5.91 Å². The summed E-state index contributed by atoms with van der Waals surface area (Å²) in [5.74, 6) is -1.17. The van der Waals surface area contributed by atoms with Gasteiger partial charge in [-0.25, -0.2) is 12.8 Å². The fourth-order valence-electron chi connectivity index (χ4n) is 3.47. The van der Waals surface area contributed by atoms with Crippen LogP contribution in [-0.4, -0.2) is 35.4 Å². The van der Waals surface area contributed by atoms with Gasteiger partial charge in [-0.15, -0.1) is 10.2 Å². The Morgan fingerprint density at radius 1 is 1.23 bits per heavy atom. The molecule has 3 aromatic rings. The highest BCUT2D eigenvalue weighted by Crippen LogP contribution is 2.39. The number of carbonyl (C=O) groups excluding carboxylic acids is 1. The van der Waals surface area contributed by atoms with E-state index in [1.807, 2.05) is 0 Å². The first-order chi connectivity index (χ1) is 14.8. The third kappa shape index (κ3) is 4.20. The van der Waals surface area contributed by atoms with E-state index in [4.69, 9.17) is 11.6 Å². The topological polar surface area (TPSA) is 92.3 Å². The second-order valence-corrected chi connectivity index (χ2v) is 10.3. The fraction of sp³-hybridized carbons (Fsp3) is 0.250. The molecule has 162 valence electrons. The van der Waals surface area contributed by atoms with Crippen LogP contribution in [0.5, 0.6) is 0 Å². The van der Waals surface area contributed by atoms with Crippen LogP contribution in [0, 0.1) is 12.7 Å². The van der Waals surface area contributed by atoms with E-state index in [0.29, 0.717) is 35.0 Å². The van der Waals surface area contributed by atoms with Gasteiger partial charge in [0.1, 0.15) is 10.8 Å². The van der Waals surface area contributed by atoms with E-state index < -0.39 is 27.8 Å². The molecule has 1 N–H and O–H groups in total. The molecule has 1 saturated heterocycles. The molecule has 2 heterocycles. The number of aromatic nitrogens is 2. The SMILES string of the molecule is Cc1c(Cl)cccc1S(=O)(=O)N1CCC[C@H]1c1nnc(C(=O)Nc2ccccc2F)s1. The van der Waals surface area contributed by atoms with Crippen molar-refractivity contribution in [3.05, 3.63) is 68.9 Å². The molecule has 4 rings (SSSR count). The Morgan fingerprint density at radius 3 is 2.77 bits per heavy atom. The Hall–Kier alpha value is -2.40. The minimum absolute atomic E-state index is 0.0291. The van der Waals surface area contributed by atoms with Crippen molar-refractivity contribution in [3.8, 4) is 0 Å². The summed E-state index contributed by atoms with van der Waals surface area (Å²) in [5, 5.41) is 11.2. The maximum Gasteiger partial charge on any atom is 0.286 e. The Morgan fingerprint density at radius 2 is 2.00 bits per heavy atom. The highest BCUT2D eigenvalue weighted by atomic mass is 35.5. The molecule has 1 amide bonds. The van der Waals surface area contributed by atoms with E-state index in [-0.39, 0.29) is 15.6 Å². The van der Waals surface area contributed by atoms with Gasteiger partial charge in [-0.2, -0.15) is 4.31 Å². The third-order valence-corrected chi connectivity index (χ3v) is 8.54. The Balaban J connectivity index is 1.59. The van der Waals surface area contributed by atoms with Gasteiger partial charge in [-0.3, -0.25) is 4.79 Å². The Labute approximate surface area is 187 Å². The van der Waals surface area contributed by atoms with E-state index in [1.165, 1.54) is 28.6 Å². The first-order valence-corrected chi connectivity index (χ1v) is 12.1. The number of nitrogens with zero attached hydrogens (tertiary/aromatic N) is 3. The lowest BCUT2D eigenvalue weighted by Gasteiger charge is -2.23. The fourth-order valence-corrected chi connectivity index (χ4v) is 6.56. The molecule has 0 saturated carbocycles. The molecular formula is C20H18ClFN4O3S2. The number of hydrogen-bond acceptors (Lipinski definition) is 6. The molecule has 1 aromatic heterocycles. The van der Waals surface area contributed by atoms with Crippen LogP contribution in [0.1, 0.15) is 39.3 Å². The van der Waals surface area contributed by atoms with Crippen LogP contribution in [0.15, 0.2) is 47.4 Å². The quantitative estimate of drug-likeness (QED) is 0.583. The summed E-state index contributed by atoms with van der Waals surface area (Å²) >= 11 is 7.12. The summed E-state index contributed by atoms with van der Waals surface area (Å²) in [5.41, 5.74) is 0.516. The largest absolute Gasteiger partial charge is 0.317 e. The maximum atomic E-state index is 13.8. The number of rotatable bonds is 5. The molecule has 7 nitrogen and oxygen atoms in total. The number of anilines is 1. The van der Waals surface area contributed by atoms with Gasteiger partial charge in [0.05, 0.1) is 16.6 Å². The van der Waals surface area contributed by atoms with E-state index in [1.54, 1.807) is 25.1 Å². The van der Waals surface area contributed by atoms with Crippen molar-refractivity contribution in [2.75, 3.05) is 11.9 Å². The Kier molecular flexibility index (Phi) is 6.07. The summed E-state index contributed by atoms with van der Waals surface area (Å²) in [7, 11) is -3.82. The van der Waals surface area contributed by atoms with Crippen molar-refractivity contribution in [1.29, 1.82) is 0 Å². The first-order valence-electron chi connectivity index (χ1n) is 9.45. The van der Waals surface area contributed by atoms with Gasteiger partial charge < -0.3 is 5.32 Å². The van der Waals surface area contributed by atoms with Crippen molar-refractivity contribution >= 4 is 44.6 Å². The number of halogens is 2. The van der Waals surface area contributed by atoms with Crippen molar-refractivity contribution < 1.29 is 17.6 Å². The molecular weight excluding hydrogens is 463 g/mol. The van der Waals surface area contributed by atoms with Crippen molar-refractivity contribution in [2.24, 2.45) is 0 Å². The second-order valence-electron chi connectivity index (χ2n) is 7.02. The molecule has 0 unspecified atom stereocenters. The minimum Gasteiger partial charge on any atom is -0.317 e. The standard InChI is InChI=1S/C20H18ClFN4O3S2/c1-12-13(21)6-4-10-17(12)31(28,29)26-11-5-9-16(26)19-24-25-20(30-19)18(27)23-15-8-3-2-7-14(15)22/h2-4,6-8,10,16H,5,9,11H2,1H3,(H,23,27)/t16-/m0/s1. The Bertz CT molecular complexity index is 1250. The molecule has 2 aromatic carbocycles. The van der Waals surface area contributed by atoms with E-state index >= 15 is 0 Å². The second kappa shape index (κ2) is 8.62. The molecule has 1 aliphatic rings. The number of sulfonamides is 1. The molecule has 0 bridgehead atoms. The minimum atomic E-state index is -3.82. The predicted molar refractivity (Wildman–Crippen MR) is 116 cm³/mol. The lowest BCUT2D eigenvalue weighted by atomic mass is 10.2. The summed E-state index contributed by atoms with van der Waals surface area (Å²) in [6.45, 7) is 1.99. The van der Waals surface area contributed by atoms with Crippen LogP contribution in [0.3, 0.4) is 0 Å². The molecule has 0 aliphatic carbocycles. The molecule has 1 aliphatic heterocycles. The van der Waals surface area contributed by atoms with Crippen LogP contribution in [0.2, 0.25) is 5.02 Å². The summed E-state index contributed by atoms with van der Waals surface area (Å²) < 4.78 is 41.8. The highest BCUT2D eigenvalue weighted by molar-refractivity contribution is 7.89. The van der Waals surface area contributed by atoms with E-state index in [9.17, 15) is 17.6 Å². The monoisotopic (exact) mass is 480 g/mol. The van der Waals surface area contributed by atoms with Crippen molar-refractivity contribution in [1.82, 2.24) is 14.5 Å². The number of para-hydroxylation sites is 1. The third-order valence-electron chi connectivity index (χ3n) is 5.05. The smallest absolute Gasteiger partial charge is 0.286 e. The van der Waals surface area contributed by atoms with Crippen molar-refractivity contribution in [2.45, 2.75) is 30.7 Å². The van der Waals surface area contributed by atoms with Gasteiger partial charge in [-0.05, 0) is 49.6 Å². The number of carbonyl (C=O) groups is 1. The highest BCUT2D eigenvalue weighted by Gasteiger charge is 2.39. The molecule has 31 heavy (non-hydrogen) atoms. The zero-order valence-corrected chi connectivity index (χ0v) is 18.8. The molecule has 0 spiro atoms. The van der Waals surface area contributed by atoms with E-state index in [2.05, 4.69) is 15.5 Å². The van der Waals surface area contributed by atoms with E-state index in [0.717, 1.165) is 11.3 Å². The zero-order valence-electron chi connectivity index (χ0n) is 16.4. The van der Waals surface area contributed by atoms with Crippen LogP contribution < -0.4 is 5.32 Å². The van der Waals surface area contributed by atoms with Crippen molar-refractivity contribution in [3.63, 3.8) is 0 Å². The maximum absolute atomic E-state index is 13.8. The van der Waals surface area contributed by atoms with Crippen LogP contribution in [0.4, 0.5) is 10.1 Å². The molecule has 11 heteroatoms. The van der Waals surface area contributed by atoms with Crippen LogP contribution in [0.25, 0.3) is 0 Å². The molecule has 0 radical (unpaired) electrons. The summed E-state index contributed by atoms with van der Waals surface area (Å²) in [6, 6.07) is 10.0. The molecule has 1 atom stereocenters. The number of benzene rings is 2. The zero-order chi connectivity index (χ0) is 22.2. The normalized spacial score (nSPS) is 17.1. The summed E-state index contributed by atoms with van der Waals surface area (Å²) in [4.78, 5) is 12.6. The van der Waals surface area contributed by atoms with Gasteiger partial charge in [0.2, 0.25) is 15.0 Å². The number of hydrogen-bond donors (Lipinski definition) is 1. The number of amides is 1. The lowest BCUT2D eigenvalue weighted by Crippen LogP contribution is -2.31. The molecule has 1 fully saturated rings. The van der Waals surface area contributed by atoms with Crippen LogP contribution >= 0.6 is 22.9 Å². The van der Waals surface area contributed by atoms with Gasteiger partial charge in [0.15, 0.2) is 0 Å². The van der Waals surface area contributed by atoms with Gasteiger partial charge in [0, 0.05) is 11.6 Å². The first kappa shape index (κ1) is 21.8.